The number of hydrazine groups is 1. The molecule has 1 aliphatic heterocycles. The molecule has 1 fully saturated rings. The molecule has 3 aromatic rings. The Labute approximate surface area is 187 Å². The number of carbonyl (C=O) groups is 2. The molecule has 0 saturated carbocycles. The van der Waals surface area contributed by atoms with Gasteiger partial charge in [-0.1, -0.05) is 66.4 Å². The lowest BCUT2D eigenvalue weighted by Crippen LogP contribution is -2.44. The fraction of sp³-hybridized carbons (Fsp3) is 0.0455. The number of amides is 2. The maximum atomic E-state index is 12.8. The highest BCUT2D eigenvalue weighted by atomic mass is 32.2. The van der Waals surface area contributed by atoms with Gasteiger partial charge in [-0.3, -0.25) is 15.0 Å². The summed E-state index contributed by atoms with van der Waals surface area (Å²) in [4.78, 5) is 26.0. The topological polar surface area (TPSA) is 58.6 Å². The van der Waals surface area contributed by atoms with Crippen molar-refractivity contribution in [1.29, 1.82) is 0 Å². The second-order valence-corrected chi connectivity index (χ2v) is 8.87. The van der Waals surface area contributed by atoms with Crippen molar-refractivity contribution in [3.63, 3.8) is 0 Å². The van der Waals surface area contributed by atoms with Gasteiger partial charge in [0.25, 0.3) is 11.8 Å². The summed E-state index contributed by atoms with van der Waals surface area (Å²) in [6.07, 6.45) is 1.73. The van der Waals surface area contributed by atoms with Crippen molar-refractivity contribution in [2.75, 3.05) is 0 Å². The smallest absolute Gasteiger partial charge is 0.285 e. The minimum atomic E-state index is -0.368. The van der Waals surface area contributed by atoms with Crippen molar-refractivity contribution in [2.24, 2.45) is 0 Å². The van der Waals surface area contributed by atoms with Gasteiger partial charge in [0.2, 0.25) is 0 Å². The Hall–Kier alpha value is -2.94. The van der Waals surface area contributed by atoms with E-state index in [-0.39, 0.29) is 16.1 Å². The van der Waals surface area contributed by atoms with E-state index >= 15 is 0 Å². The number of thioether (sulfide) groups is 1. The predicted octanol–water partition coefficient (Wildman–Crippen LogP) is 4.87. The standard InChI is InChI=1S/C22H16N2O3S3/c25-20(18-11-6-12-29-18)23-24-21(26)19(30-22(24)28)13-16-9-4-5-10-17(16)27-14-15-7-2-1-3-8-15/h1-13H,14H2,(H,23,25)/b19-13+. The summed E-state index contributed by atoms with van der Waals surface area (Å²) in [7, 11) is 0. The van der Waals surface area contributed by atoms with Gasteiger partial charge in [0, 0.05) is 5.56 Å². The highest BCUT2D eigenvalue weighted by Crippen LogP contribution is 2.33. The summed E-state index contributed by atoms with van der Waals surface area (Å²) >= 11 is 7.73. The lowest BCUT2D eigenvalue weighted by molar-refractivity contribution is -0.123. The summed E-state index contributed by atoms with van der Waals surface area (Å²) in [6.45, 7) is 0.420. The van der Waals surface area contributed by atoms with Crippen LogP contribution in [0.1, 0.15) is 20.8 Å². The van der Waals surface area contributed by atoms with Crippen LogP contribution in [0.15, 0.2) is 77.0 Å². The lowest BCUT2D eigenvalue weighted by Gasteiger charge is -2.14. The molecule has 0 atom stereocenters. The first-order chi connectivity index (χ1) is 14.6. The Bertz CT molecular complexity index is 1110. The highest BCUT2D eigenvalue weighted by molar-refractivity contribution is 8.26. The Morgan fingerprint density at radius 3 is 2.60 bits per heavy atom. The molecular weight excluding hydrogens is 436 g/mol. The molecule has 150 valence electrons. The second-order valence-electron chi connectivity index (χ2n) is 6.25. The highest BCUT2D eigenvalue weighted by Gasteiger charge is 2.34. The zero-order chi connectivity index (χ0) is 20.9. The molecule has 8 heteroatoms. The van der Waals surface area contributed by atoms with Crippen LogP contribution in [0.4, 0.5) is 0 Å². The minimum absolute atomic E-state index is 0.277. The number of thiophene rings is 1. The molecule has 5 nitrogen and oxygen atoms in total. The van der Waals surface area contributed by atoms with E-state index in [1.54, 1.807) is 23.6 Å². The van der Waals surface area contributed by atoms with E-state index < -0.39 is 0 Å². The van der Waals surface area contributed by atoms with Gasteiger partial charge in [-0.05, 0) is 41.4 Å². The first kappa shape index (κ1) is 20.3. The van der Waals surface area contributed by atoms with E-state index in [0.717, 1.165) is 27.9 Å². The van der Waals surface area contributed by atoms with E-state index in [1.165, 1.54) is 11.3 Å². The molecular formula is C22H16N2O3S3. The Morgan fingerprint density at radius 1 is 1.07 bits per heavy atom. The van der Waals surface area contributed by atoms with Crippen LogP contribution in [0.5, 0.6) is 5.75 Å². The van der Waals surface area contributed by atoms with Gasteiger partial charge in [-0.25, -0.2) is 0 Å². The number of hydrogen-bond acceptors (Lipinski definition) is 6. The molecule has 0 bridgehead atoms. The molecule has 2 amide bonds. The zero-order valence-corrected chi connectivity index (χ0v) is 18.1. The molecule has 2 aromatic carbocycles. The van der Waals surface area contributed by atoms with Gasteiger partial charge in [-0.15, -0.1) is 11.3 Å². The largest absolute Gasteiger partial charge is 0.488 e. The van der Waals surface area contributed by atoms with Crippen LogP contribution < -0.4 is 10.2 Å². The SMILES string of the molecule is O=C(NN1C(=O)/C(=C\c2ccccc2OCc2ccccc2)SC1=S)c1cccs1. The van der Waals surface area contributed by atoms with Crippen molar-refractivity contribution in [3.05, 3.63) is 93.0 Å². The number of nitrogens with zero attached hydrogens (tertiary/aromatic N) is 1. The van der Waals surface area contributed by atoms with E-state index in [1.807, 2.05) is 54.6 Å². The predicted molar refractivity (Wildman–Crippen MR) is 124 cm³/mol. The molecule has 0 spiro atoms. The molecule has 0 aliphatic carbocycles. The quantitative estimate of drug-likeness (QED) is 0.427. The number of nitrogens with one attached hydrogen (secondary N) is 1. The summed E-state index contributed by atoms with van der Waals surface area (Å²) in [5.41, 5.74) is 4.39. The molecule has 1 aromatic heterocycles. The van der Waals surface area contributed by atoms with Crippen molar-refractivity contribution < 1.29 is 14.3 Å². The van der Waals surface area contributed by atoms with Crippen LogP contribution in [0.3, 0.4) is 0 Å². The number of thiocarbonyl (C=S) groups is 1. The van der Waals surface area contributed by atoms with Gasteiger partial charge in [-0.2, -0.15) is 5.01 Å². The van der Waals surface area contributed by atoms with Gasteiger partial charge >= 0.3 is 0 Å². The number of rotatable bonds is 6. The molecule has 0 unspecified atom stereocenters. The van der Waals surface area contributed by atoms with Crippen molar-refractivity contribution in [1.82, 2.24) is 10.4 Å². The van der Waals surface area contributed by atoms with Crippen molar-refractivity contribution in [2.45, 2.75) is 6.61 Å². The maximum absolute atomic E-state index is 12.8. The first-order valence-electron chi connectivity index (χ1n) is 9.00. The van der Waals surface area contributed by atoms with Crippen molar-refractivity contribution in [3.8, 4) is 5.75 Å². The first-order valence-corrected chi connectivity index (χ1v) is 11.1. The molecule has 4 rings (SSSR count). The molecule has 30 heavy (non-hydrogen) atoms. The third-order valence-electron chi connectivity index (χ3n) is 4.19. The normalized spacial score (nSPS) is 14.9. The number of hydrogen-bond donors (Lipinski definition) is 1. The van der Waals surface area contributed by atoms with E-state index in [2.05, 4.69) is 5.43 Å². The summed E-state index contributed by atoms with van der Waals surface area (Å²) < 4.78 is 6.23. The Balaban J connectivity index is 1.50. The summed E-state index contributed by atoms with van der Waals surface area (Å²) in [5, 5.41) is 2.91. The van der Waals surface area contributed by atoms with E-state index in [0.29, 0.717) is 22.1 Å². The molecule has 2 heterocycles. The lowest BCUT2D eigenvalue weighted by atomic mass is 10.2. The van der Waals surface area contributed by atoms with Crippen LogP contribution in [-0.2, 0) is 11.4 Å². The van der Waals surface area contributed by atoms with Gasteiger partial charge in [0.15, 0.2) is 4.32 Å². The van der Waals surface area contributed by atoms with Gasteiger partial charge in [0.05, 0.1) is 9.78 Å². The average molecular weight is 453 g/mol. The third kappa shape index (κ3) is 4.62. The van der Waals surface area contributed by atoms with Crippen LogP contribution >= 0.6 is 35.3 Å². The third-order valence-corrected chi connectivity index (χ3v) is 6.37. The summed E-state index contributed by atoms with van der Waals surface area (Å²) in [5.74, 6) is -0.0730. The Kier molecular flexibility index (Phi) is 6.27. The Morgan fingerprint density at radius 2 is 1.83 bits per heavy atom. The molecule has 1 aliphatic rings. The maximum Gasteiger partial charge on any atom is 0.285 e. The minimum Gasteiger partial charge on any atom is -0.488 e. The fourth-order valence-electron chi connectivity index (χ4n) is 2.74. The number of benzene rings is 2. The van der Waals surface area contributed by atoms with Crippen LogP contribution in [-0.4, -0.2) is 21.1 Å². The molecule has 0 radical (unpaired) electrons. The number of ether oxygens (including phenoxy) is 1. The van der Waals surface area contributed by atoms with Gasteiger partial charge in [0.1, 0.15) is 12.4 Å². The number of para-hydroxylation sites is 1. The molecule has 1 N–H and O–H groups in total. The van der Waals surface area contributed by atoms with E-state index in [9.17, 15) is 9.59 Å². The number of carbonyl (C=O) groups excluding carboxylic acids is 2. The zero-order valence-electron chi connectivity index (χ0n) is 15.6. The van der Waals surface area contributed by atoms with E-state index in [4.69, 9.17) is 17.0 Å². The molecule has 1 saturated heterocycles. The van der Waals surface area contributed by atoms with Crippen LogP contribution in [0.25, 0.3) is 6.08 Å². The fourth-order valence-corrected chi connectivity index (χ4v) is 4.52. The summed E-state index contributed by atoms with van der Waals surface area (Å²) in [6, 6.07) is 20.8. The second kappa shape index (κ2) is 9.25. The monoisotopic (exact) mass is 452 g/mol. The van der Waals surface area contributed by atoms with Gasteiger partial charge < -0.3 is 4.74 Å². The van der Waals surface area contributed by atoms with Crippen LogP contribution in [0, 0.1) is 0 Å². The van der Waals surface area contributed by atoms with Crippen LogP contribution in [0.2, 0.25) is 0 Å². The van der Waals surface area contributed by atoms with Crippen molar-refractivity contribution >= 4 is 57.5 Å². The average Bonchev–Trinajstić information content (AvgIpc) is 3.39.